The van der Waals surface area contributed by atoms with Crippen LogP contribution in [0.4, 0.5) is 5.82 Å². The summed E-state index contributed by atoms with van der Waals surface area (Å²) in [4.78, 5) is 19.9. The summed E-state index contributed by atoms with van der Waals surface area (Å²) >= 11 is 0. The van der Waals surface area contributed by atoms with Crippen LogP contribution in [0.1, 0.15) is 21.7 Å². The van der Waals surface area contributed by atoms with Crippen LogP contribution < -0.4 is 15.8 Å². The molecule has 0 aliphatic heterocycles. The first-order chi connectivity index (χ1) is 9.52. The topological polar surface area (TPSA) is 90.1 Å². The van der Waals surface area contributed by atoms with Crippen LogP contribution in [0.25, 0.3) is 0 Å². The van der Waals surface area contributed by atoms with Gasteiger partial charge in [0.25, 0.3) is 5.91 Å². The molecule has 0 unspecified atom stereocenters. The highest BCUT2D eigenvalue weighted by Crippen LogP contribution is 2.28. The first-order valence-electron chi connectivity index (χ1n) is 6.11. The third-order valence-electron chi connectivity index (χ3n) is 2.88. The van der Waals surface area contributed by atoms with E-state index in [2.05, 4.69) is 15.3 Å². The van der Waals surface area contributed by atoms with E-state index in [1.165, 1.54) is 6.20 Å². The average molecular weight is 272 g/mol. The lowest BCUT2D eigenvalue weighted by Gasteiger charge is -2.12. The summed E-state index contributed by atoms with van der Waals surface area (Å²) in [5, 5.41) is 2.55. The van der Waals surface area contributed by atoms with Crippen molar-refractivity contribution in [1.82, 2.24) is 15.3 Å². The van der Waals surface area contributed by atoms with E-state index in [-0.39, 0.29) is 5.91 Å². The fraction of sp³-hybridized carbons (Fsp3) is 0.214. The highest BCUT2D eigenvalue weighted by molar-refractivity contribution is 5.94. The predicted molar refractivity (Wildman–Crippen MR) is 75.8 cm³/mol. The molecular weight excluding hydrogens is 256 g/mol. The third kappa shape index (κ3) is 2.69. The van der Waals surface area contributed by atoms with Crippen LogP contribution in [-0.4, -0.2) is 22.9 Å². The predicted octanol–water partition coefficient (Wildman–Crippen LogP) is 1.83. The number of amides is 1. The standard InChI is InChI=1S/C14H16N4O2/c1-8-10(6-7-17-13(8)14(19)16-3)20-11-4-5-12(15)18-9(11)2/h4-7H,1-3H3,(H2,15,18)(H,16,19). The fourth-order valence-corrected chi connectivity index (χ4v) is 1.77. The number of nitrogens with zero attached hydrogens (tertiary/aromatic N) is 2. The molecule has 2 aromatic heterocycles. The summed E-state index contributed by atoms with van der Waals surface area (Å²) in [6.45, 7) is 3.59. The summed E-state index contributed by atoms with van der Waals surface area (Å²) in [5.74, 6) is 1.34. The molecule has 0 saturated carbocycles. The van der Waals surface area contributed by atoms with E-state index in [9.17, 15) is 4.79 Å². The highest BCUT2D eigenvalue weighted by Gasteiger charge is 2.14. The SMILES string of the molecule is CNC(=O)c1nccc(Oc2ccc(N)nc2C)c1C. The van der Waals surface area contributed by atoms with E-state index < -0.39 is 0 Å². The molecule has 6 nitrogen and oxygen atoms in total. The van der Waals surface area contributed by atoms with Crippen LogP contribution >= 0.6 is 0 Å². The molecule has 0 bridgehead atoms. The maximum absolute atomic E-state index is 11.7. The van der Waals surface area contributed by atoms with Gasteiger partial charge in [-0.2, -0.15) is 0 Å². The Kier molecular flexibility index (Phi) is 3.84. The van der Waals surface area contributed by atoms with Crippen molar-refractivity contribution in [1.29, 1.82) is 0 Å². The number of carbonyl (C=O) groups excluding carboxylic acids is 1. The van der Waals surface area contributed by atoms with Crippen molar-refractivity contribution < 1.29 is 9.53 Å². The molecule has 0 aliphatic rings. The molecular formula is C14H16N4O2. The third-order valence-corrected chi connectivity index (χ3v) is 2.88. The highest BCUT2D eigenvalue weighted by atomic mass is 16.5. The maximum Gasteiger partial charge on any atom is 0.270 e. The molecule has 2 aromatic rings. The Bertz CT molecular complexity index is 656. The number of pyridine rings is 2. The number of nitrogen functional groups attached to an aromatic ring is 1. The van der Waals surface area contributed by atoms with Gasteiger partial charge >= 0.3 is 0 Å². The number of nitrogens with one attached hydrogen (secondary N) is 1. The number of anilines is 1. The van der Waals surface area contributed by atoms with Crippen molar-refractivity contribution in [2.24, 2.45) is 0 Å². The molecule has 0 radical (unpaired) electrons. The summed E-state index contributed by atoms with van der Waals surface area (Å²) < 4.78 is 5.79. The molecule has 104 valence electrons. The van der Waals surface area contributed by atoms with Crippen LogP contribution in [0, 0.1) is 13.8 Å². The molecule has 1 amide bonds. The molecule has 6 heteroatoms. The molecule has 0 atom stereocenters. The lowest BCUT2D eigenvalue weighted by molar-refractivity contribution is 0.0957. The number of nitrogens with two attached hydrogens (primary N) is 1. The fourth-order valence-electron chi connectivity index (χ4n) is 1.77. The molecule has 0 fully saturated rings. The smallest absolute Gasteiger partial charge is 0.270 e. The molecule has 2 heterocycles. The van der Waals surface area contributed by atoms with E-state index >= 15 is 0 Å². The van der Waals surface area contributed by atoms with E-state index in [1.807, 2.05) is 6.92 Å². The quantitative estimate of drug-likeness (QED) is 0.889. The normalized spacial score (nSPS) is 10.2. The van der Waals surface area contributed by atoms with Crippen molar-refractivity contribution in [3.63, 3.8) is 0 Å². The number of hydrogen-bond acceptors (Lipinski definition) is 5. The van der Waals surface area contributed by atoms with Crippen molar-refractivity contribution in [3.05, 3.63) is 41.3 Å². The number of hydrogen-bond donors (Lipinski definition) is 2. The monoisotopic (exact) mass is 272 g/mol. The van der Waals surface area contributed by atoms with Gasteiger partial charge in [-0.05, 0) is 32.0 Å². The zero-order valence-electron chi connectivity index (χ0n) is 11.6. The van der Waals surface area contributed by atoms with E-state index in [0.29, 0.717) is 34.3 Å². The zero-order chi connectivity index (χ0) is 14.7. The first kappa shape index (κ1) is 13.8. The summed E-state index contributed by atoms with van der Waals surface area (Å²) in [6.07, 6.45) is 1.53. The molecule has 0 spiro atoms. The van der Waals surface area contributed by atoms with Crippen LogP contribution in [0.2, 0.25) is 0 Å². The molecule has 20 heavy (non-hydrogen) atoms. The van der Waals surface area contributed by atoms with Gasteiger partial charge in [-0.25, -0.2) is 4.98 Å². The average Bonchev–Trinajstić information content (AvgIpc) is 2.43. The van der Waals surface area contributed by atoms with Crippen molar-refractivity contribution >= 4 is 11.7 Å². The Balaban J connectivity index is 2.37. The number of carbonyl (C=O) groups is 1. The minimum Gasteiger partial charge on any atom is -0.455 e. The van der Waals surface area contributed by atoms with Crippen molar-refractivity contribution in [3.8, 4) is 11.5 Å². The van der Waals surface area contributed by atoms with E-state index in [0.717, 1.165) is 0 Å². The first-order valence-corrected chi connectivity index (χ1v) is 6.11. The van der Waals surface area contributed by atoms with Gasteiger partial charge in [0.1, 0.15) is 23.0 Å². The van der Waals surface area contributed by atoms with Gasteiger partial charge in [-0.15, -0.1) is 0 Å². The molecule has 0 aliphatic carbocycles. The van der Waals surface area contributed by atoms with Crippen molar-refractivity contribution in [2.75, 3.05) is 12.8 Å². The van der Waals surface area contributed by atoms with E-state index in [1.54, 1.807) is 32.2 Å². The van der Waals surface area contributed by atoms with Crippen LogP contribution in [-0.2, 0) is 0 Å². The van der Waals surface area contributed by atoms with Gasteiger partial charge < -0.3 is 15.8 Å². The van der Waals surface area contributed by atoms with Crippen LogP contribution in [0.15, 0.2) is 24.4 Å². The maximum atomic E-state index is 11.7. The second kappa shape index (κ2) is 5.56. The van der Waals surface area contributed by atoms with Gasteiger partial charge in [0, 0.05) is 18.8 Å². The van der Waals surface area contributed by atoms with Gasteiger partial charge in [0.05, 0.1) is 5.69 Å². The minimum atomic E-state index is -0.250. The second-order valence-electron chi connectivity index (χ2n) is 4.28. The lowest BCUT2D eigenvalue weighted by Crippen LogP contribution is -2.20. The summed E-state index contributed by atoms with van der Waals surface area (Å²) in [6, 6.07) is 5.12. The zero-order valence-corrected chi connectivity index (χ0v) is 11.6. The number of aromatic nitrogens is 2. The molecule has 0 saturated heterocycles. The summed E-state index contributed by atoms with van der Waals surface area (Å²) in [7, 11) is 1.56. The Hall–Kier alpha value is -2.63. The Labute approximate surface area is 117 Å². The van der Waals surface area contributed by atoms with Crippen LogP contribution in [0.5, 0.6) is 11.5 Å². The molecule has 2 rings (SSSR count). The summed E-state index contributed by atoms with van der Waals surface area (Å²) in [5.41, 5.74) is 7.29. The van der Waals surface area contributed by atoms with Crippen LogP contribution in [0.3, 0.4) is 0 Å². The molecule has 3 N–H and O–H groups in total. The number of rotatable bonds is 3. The van der Waals surface area contributed by atoms with Gasteiger partial charge in [-0.3, -0.25) is 9.78 Å². The van der Waals surface area contributed by atoms with E-state index in [4.69, 9.17) is 10.5 Å². The largest absolute Gasteiger partial charge is 0.455 e. The molecule has 0 aromatic carbocycles. The van der Waals surface area contributed by atoms with Crippen molar-refractivity contribution in [2.45, 2.75) is 13.8 Å². The minimum absolute atomic E-state index is 0.250. The lowest BCUT2D eigenvalue weighted by atomic mass is 10.2. The van der Waals surface area contributed by atoms with Gasteiger partial charge in [0.2, 0.25) is 0 Å². The van der Waals surface area contributed by atoms with Gasteiger partial charge in [-0.1, -0.05) is 0 Å². The number of ether oxygens (including phenoxy) is 1. The van der Waals surface area contributed by atoms with Gasteiger partial charge in [0.15, 0.2) is 0 Å². The Morgan fingerprint density at radius 1 is 1.25 bits per heavy atom. The second-order valence-corrected chi connectivity index (χ2v) is 4.28. The Morgan fingerprint density at radius 2 is 2.00 bits per heavy atom. The Morgan fingerprint density at radius 3 is 2.65 bits per heavy atom. The number of aryl methyl sites for hydroxylation is 1.